The minimum absolute atomic E-state index is 0.250. The second-order valence-corrected chi connectivity index (χ2v) is 5.43. The standard InChI is InChI=1S/C15H21N5O/c1-3-14(21)19-8-5-11(6-9-19)12-10-20-13(4-7-17-20)15(16-2)18-12/h4,7,10-11H,3,5-6,8-9H2,1-2H3,(H,16,18). The van der Waals surface area contributed by atoms with E-state index in [9.17, 15) is 4.79 Å². The fourth-order valence-electron chi connectivity index (χ4n) is 2.97. The lowest BCUT2D eigenvalue weighted by atomic mass is 9.93. The number of nitrogens with zero attached hydrogens (tertiary/aromatic N) is 4. The maximum Gasteiger partial charge on any atom is 0.222 e. The van der Waals surface area contributed by atoms with Gasteiger partial charge in [0, 0.05) is 32.5 Å². The Morgan fingerprint density at radius 3 is 2.86 bits per heavy atom. The summed E-state index contributed by atoms with van der Waals surface area (Å²) in [5.41, 5.74) is 2.04. The maximum atomic E-state index is 11.7. The van der Waals surface area contributed by atoms with Crippen molar-refractivity contribution in [1.82, 2.24) is 19.5 Å². The van der Waals surface area contributed by atoms with Gasteiger partial charge in [-0.25, -0.2) is 9.50 Å². The molecule has 1 fully saturated rings. The van der Waals surface area contributed by atoms with E-state index in [1.54, 1.807) is 6.20 Å². The predicted molar refractivity (Wildman–Crippen MR) is 81.4 cm³/mol. The van der Waals surface area contributed by atoms with Gasteiger partial charge in [0.2, 0.25) is 5.91 Å². The van der Waals surface area contributed by atoms with E-state index in [-0.39, 0.29) is 5.91 Å². The van der Waals surface area contributed by atoms with E-state index < -0.39 is 0 Å². The number of hydrogen-bond donors (Lipinski definition) is 1. The van der Waals surface area contributed by atoms with Crippen molar-refractivity contribution in [2.24, 2.45) is 0 Å². The Bertz CT molecular complexity index is 643. The van der Waals surface area contributed by atoms with Crippen LogP contribution in [0.1, 0.15) is 37.8 Å². The molecular weight excluding hydrogens is 266 g/mol. The molecule has 21 heavy (non-hydrogen) atoms. The van der Waals surface area contributed by atoms with E-state index in [1.165, 1.54) is 0 Å². The summed E-state index contributed by atoms with van der Waals surface area (Å²) in [5.74, 6) is 1.50. The van der Waals surface area contributed by atoms with Crippen LogP contribution in [-0.4, -0.2) is 45.5 Å². The van der Waals surface area contributed by atoms with Crippen LogP contribution in [0.5, 0.6) is 0 Å². The third-order valence-corrected chi connectivity index (χ3v) is 4.21. The van der Waals surface area contributed by atoms with E-state index >= 15 is 0 Å². The second kappa shape index (κ2) is 5.71. The number of anilines is 1. The molecule has 2 aromatic rings. The molecule has 112 valence electrons. The number of carbonyl (C=O) groups excluding carboxylic acids is 1. The molecule has 0 radical (unpaired) electrons. The molecule has 0 bridgehead atoms. The summed E-state index contributed by atoms with van der Waals surface area (Å²) in [7, 11) is 1.88. The summed E-state index contributed by atoms with van der Waals surface area (Å²) < 4.78 is 1.87. The third-order valence-electron chi connectivity index (χ3n) is 4.21. The van der Waals surface area contributed by atoms with Gasteiger partial charge >= 0.3 is 0 Å². The largest absolute Gasteiger partial charge is 0.371 e. The zero-order valence-corrected chi connectivity index (χ0v) is 12.5. The molecule has 0 atom stereocenters. The van der Waals surface area contributed by atoms with E-state index in [2.05, 4.69) is 10.4 Å². The topological polar surface area (TPSA) is 62.5 Å². The molecule has 0 spiro atoms. The highest BCUT2D eigenvalue weighted by Gasteiger charge is 2.24. The van der Waals surface area contributed by atoms with Gasteiger partial charge in [-0.15, -0.1) is 0 Å². The summed E-state index contributed by atoms with van der Waals surface area (Å²) in [5, 5.41) is 7.45. The van der Waals surface area contributed by atoms with Gasteiger partial charge in [0.25, 0.3) is 0 Å². The fraction of sp³-hybridized carbons (Fsp3) is 0.533. The van der Waals surface area contributed by atoms with Crippen molar-refractivity contribution >= 4 is 17.2 Å². The maximum absolute atomic E-state index is 11.7. The normalized spacial score (nSPS) is 16.4. The molecule has 3 heterocycles. The molecule has 0 aromatic carbocycles. The smallest absolute Gasteiger partial charge is 0.222 e. The molecule has 1 aliphatic heterocycles. The van der Waals surface area contributed by atoms with Crippen molar-refractivity contribution in [2.45, 2.75) is 32.1 Å². The number of aromatic nitrogens is 3. The van der Waals surface area contributed by atoms with Crippen LogP contribution in [0.3, 0.4) is 0 Å². The first-order chi connectivity index (χ1) is 10.2. The van der Waals surface area contributed by atoms with E-state index in [4.69, 9.17) is 4.98 Å². The highest BCUT2D eigenvalue weighted by molar-refractivity contribution is 5.75. The van der Waals surface area contributed by atoms with Crippen molar-refractivity contribution in [2.75, 3.05) is 25.5 Å². The highest BCUT2D eigenvalue weighted by atomic mass is 16.2. The van der Waals surface area contributed by atoms with Crippen LogP contribution in [0.2, 0.25) is 0 Å². The molecule has 0 unspecified atom stereocenters. The molecule has 0 saturated carbocycles. The molecule has 1 N–H and O–H groups in total. The zero-order valence-electron chi connectivity index (χ0n) is 12.5. The lowest BCUT2D eigenvalue weighted by Crippen LogP contribution is -2.37. The van der Waals surface area contributed by atoms with Gasteiger partial charge in [0.1, 0.15) is 5.52 Å². The van der Waals surface area contributed by atoms with E-state index in [0.717, 1.165) is 43.0 Å². The van der Waals surface area contributed by atoms with Crippen molar-refractivity contribution in [3.05, 3.63) is 24.2 Å². The lowest BCUT2D eigenvalue weighted by molar-refractivity contribution is -0.131. The molecule has 2 aromatic heterocycles. The molecule has 1 aliphatic rings. The average Bonchev–Trinajstić information content (AvgIpc) is 3.01. The Kier molecular flexibility index (Phi) is 3.77. The minimum Gasteiger partial charge on any atom is -0.371 e. The number of piperidine rings is 1. The van der Waals surface area contributed by atoms with Crippen LogP contribution in [0, 0.1) is 0 Å². The SMILES string of the molecule is CCC(=O)N1CCC(c2cn3nccc3c(NC)n2)CC1. The quantitative estimate of drug-likeness (QED) is 0.936. The molecular formula is C15H21N5O. The fourth-order valence-corrected chi connectivity index (χ4v) is 2.97. The number of fused-ring (bicyclic) bond motifs is 1. The van der Waals surface area contributed by atoms with Gasteiger partial charge in [-0.05, 0) is 18.9 Å². The van der Waals surface area contributed by atoms with Crippen molar-refractivity contribution < 1.29 is 4.79 Å². The Balaban J connectivity index is 1.80. The lowest BCUT2D eigenvalue weighted by Gasteiger charge is -2.31. The van der Waals surface area contributed by atoms with Gasteiger partial charge < -0.3 is 10.2 Å². The minimum atomic E-state index is 0.250. The van der Waals surface area contributed by atoms with Gasteiger partial charge in [-0.2, -0.15) is 5.10 Å². The number of hydrogen-bond acceptors (Lipinski definition) is 4. The summed E-state index contributed by atoms with van der Waals surface area (Å²) in [4.78, 5) is 18.4. The number of nitrogens with one attached hydrogen (secondary N) is 1. The van der Waals surface area contributed by atoms with Crippen LogP contribution in [-0.2, 0) is 4.79 Å². The summed E-state index contributed by atoms with van der Waals surface area (Å²) in [6, 6.07) is 1.95. The van der Waals surface area contributed by atoms with Crippen LogP contribution in [0.15, 0.2) is 18.5 Å². The number of rotatable bonds is 3. The molecule has 1 saturated heterocycles. The molecule has 6 nitrogen and oxygen atoms in total. The molecule has 6 heteroatoms. The molecule has 0 aliphatic carbocycles. The van der Waals surface area contributed by atoms with Crippen LogP contribution in [0.4, 0.5) is 5.82 Å². The first-order valence-electron chi connectivity index (χ1n) is 7.52. The van der Waals surface area contributed by atoms with E-state index in [1.807, 2.05) is 35.6 Å². The van der Waals surface area contributed by atoms with E-state index in [0.29, 0.717) is 12.3 Å². The Hall–Kier alpha value is -2.11. The summed E-state index contributed by atoms with van der Waals surface area (Å²) in [6.45, 7) is 3.57. The zero-order chi connectivity index (χ0) is 14.8. The third kappa shape index (κ3) is 2.57. The summed E-state index contributed by atoms with van der Waals surface area (Å²) >= 11 is 0. The van der Waals surface area contributed by atoms with Crippen LogP contribution in [0.25, 0.3) is 5.52 Å². The van der Waals surface area contributed by atoms with Gasteiger partial charge in [-0.1, -0.05) is 6.92 Å². The Labute approximate surface area is 124 Å². The highest BCUT2D eigenvalue weighted by Crippen LogP contribution is 2.28. The van der Waals surface area contributed by atoms with Gasteiger partial charge in [0.15, 0.2) is 5.82 Å². The number of amides is 1. The number of carbonyl (C=O) groups is 1. The number of likely N-dealkylation sites (tertiary alicyclic amines) is 1. The predicted octanol–water partition coefficient (Wildman–Crippen LogP) is 1.89. The summed E-state index contributed by atoms with van der Waals surface area (Å²) in [6.07, 6.45) is 6.32. The first-order valence-corrected chi connectivity index (χ1v) is 7.52. The van der Waals surface area contributed by atoms with Crippen LogP contribution >= 0.6 is 0 Å². The van der Waals surface area contributed by atoms with Gasteiger partial charge in [-0.3, -0.25) is 4.79 Å². The molecule has 1 amide bonds. The molecule has 3 rings (SSSR count). The van der Waals surface area contributed by atoms with Gasteiger partial charge in [0.05, 0.1) is 18.1 Å². The van der Waals surface area contributed by atoms with Crippen molar-refractivity contribution in [3.63, 3.8) is 0 Å². The second-order valence-electron chi connectivity index (χ2n) is 5.43. The van der Waals surface area contributed by atoms with Crippen molar-refractivity contribution in [3.8, 4) is 0 Å². The monoisotopic (exact) mass is 287 g/mol. The average molecular weight is 287 g/mol. The van der Waals surface area contributed by atoms with Crippen LogP contribution < -0.4 is 5.32 Å². The van der Waals surface area contributed by atoms with Crippen molar-refractivity contribution in [1.29, 1.82) is 0 Å². The first kappa shape index (κ1) is 13.9. The Morgan fingerprint density at radius 1 is 1.43 bits per heavy atom. The Morgan fingerprint density at radius 2 is 2.19 bits per heavy atom.